The number of aryl methyl sites for hydroxylation is 1. The molecule has 0 saturated heterocycles. The summed E-state index contributed by atoms with van der Waals surface area (Å²) in [6.07, 6.45) is 1.73. The van der Waals surface area contributed by atoms with Crippen molar-refractivity contribution in [3.63, 3.8) is 0 Å². The lowest BCUT2D eigenvalue weighted by Gasteiger charge is -2.32. The molecule has 8 heteroatoms. The zero-order valence-corrected chi connectivity index (χ0v) is 15.5. The molecular formula is C18H26FN5O2. The summed E-state index contributed by atoms with van der Waals surface area (Å²) in [5.41, 5.74) is 9.76. The Morgan fingerprint density at radius 2 is 2.15 bits per heavy atom. The molecule has 1 amide bonds. The standard InChI is InChI=1S/C18H26FN5O2/c1-13-7-5-6-8-14(13)18(10-11-18)16(21-3)23-26-17(2,19)24(22-4)12-9-15(20)25/h5-8H,4,9-12H2,1-3H3,(H2,20,25)(H,21,23). The number of hydrogen-bond donors (Lipinski definition) is 2. The first-order chi connectivity index (χ1) is 12.3. The van der Waals surface area contributed by atoms with E-state index in [1.165, 1.54) is 6.92 Å². The maximum Gasteiger partial charge on any atom is 0.322 e. The Bertz CT molecular complexity index is 701. The van der Waals surface area contributed by atoms with Crippen LogP contribution in [0.1, 0.15) is 37.3 Å². The number of rotatable bonds is 9. The molecule has 0 radical (unpaired) electrons. The molecule has 3 N–H and O–H groups in total. The number of nitrogens with one attached hydrogen (secondary N) is 1. The molecule has 1 aromatic rings. The summed E-state index contributed by atoms with van der Waals surface area (Å²) < 4.78 is 14.9. The zero-order chi connectivity index (χ0) is 19.4. The van der Waals surface area contributed by atoms with Gasteiger partial charge in [0.15, 0.2) is 0 Å². The average molecular weight is 363 g/mol. The van der Waals surface area contributed by atoms with Crippen molar-refractivity contribution in [3.05, 3.63) is 35.4 Å². The van der Waals surface area contributed by atoms with Crippen LogP contribution in [0.4, 0.5) is 4.39 Å². The van der Waals surface area contributed by atoms with Crippen LogP contribution in [0.3, 0.4) is 0 Å². The largest absolute Gasteiger partial charge is 0.370 e. The van der Waals surface area contributed by atoms with E-state index in [0.717, 1.165) is 29.0 Å². The van der Waals surface area contributed by atoms with Gasteiger partial charge in [-0.25, -0.2) is 15.3 Å². The van der Waals surface area contributed by atoms with E-state index in [4.69, 9.17) is 10.6 Å². The molecule has 1 aromatic carbocycles. The normalized spacial score (nSPS) is 17.9. The van der Waals surface area contributed by atoms with Crippen LogP contribution in [-0.4, -0.2) is 43.0 Å². The smallest absolute Gasteiger partial charge is 0.322 e. The molecule has 0 heterocycles. The summed E-state index contributed by atoms with van der Waals surface area (Å²) in [5.74, 6) is -2.33. The second-order valence-corrected chi connectivity index (χ2v) is 6.52. The number of halogens is 1. The Labute approximate surface area is 153 Å². The number of hydrogen-bond acceptors (Lipinski definition) is 5. The van der Waals surface area contributed by atoms with Gasteiger partial charge in [0, 0.05) is 27.1 Å². The van der Waals surface area contributed by atoms with Crippen molar-refractivity contribution in [2.45, 2.75) is 44.5 Å². The van der Waals surface area contributed by atoms with E-state index < -0.39 is 11.9 Å². The predicted molar refractivity (Wildman–Crippen MR) is 99.3 cm³/mol. The van der Waals surface area contributed by atoms with Crippen molar-refractivity contribution in [1.29, 1.82) is 0 Å². The molecule has 142 valence electrons. The lowest BCUT2D eigenvalue weighted by molar-refractivity contribution is -0.252. The molecule has 1 aliphatic carbocycles. The Morgan fingerprint density at radius 1 is 1.50 bits per heavy atom. The minimum atomic E-state index is -2.32. The van der Waals surface area contributed by atoms with Gasteiger partial charge in [0.2, 0.25) is 5.91 Å². The van der Waals surface area contributed by atoms with Crippen LogP contribution in [0.5, 0.6) is 0 Å². The molecule has 1 atom stereocenters. The minimum Gasteiger partial charge on any atom is -0.370 e. The first-order valence-electron chi connectivity index (χ1n) is 8.45. The van der Waals surface area contributed by atoms with Gasteiger partial charge in [-0.05, 0) is 30.9 Å². The first-order valence-corrected chi connectivity index (χ1v) is 8.45. The zero-order valence-electron chi connectivity index (χ0n) is 15.5. The molecule has 0 aromatic heterocycles. The number of primary amides is 1. The van der Waals surface area contributed by atoms with Crippen molar-refractivity contribution in [3.8, 4) is 0 Å². The predicted octanol–water partition coefficient (Wildman–Crippen LogP) is 2.01. The van der Waals surface area contributed by atoms with E-state index >= 15 is 0 Å². The van der Waals surface area contributed by atoms with E-state index in [2.05, 4.69) is 22.3 Å². The lowest BCUT2D eigenvalue weighted by atomic mass is 9.91. The van der Waals surface area contributed by atoms with Gasteiger partial charge in [-0.15, -0.1) is 0 Å². The number of carbonyl (C=O) groups excluding carboxylic acids is 1. The summed E-state index contributed by atoms with van der Waals surface area (Å²) in [6, 6.07) is 8.04. The third kappa shape index (κ3) is 4.19. The molecule has 1 unspecified atom stereocenters. The Balaban J connectivity index is 2.10. The van der Waals surface area contributed by atoms with Gasteiger partial charge < -0.3 is 5.73 Å². The second kappa shape index (κ2) is 7.82. The Hall–Kier alpha value is -2.48. The van der Waals surface area contributed by atoms with Crippen LogP contribution >= 0.6 is 0 Å². The van der Waals surface area contributed by atoms with Crippen molar-refractivity contribution < 1.29 is 14.0 Å². The minimum absolute atomic E-state index is 0.0466. The highest BCUT2D eigenvalue weighted by Gasteiger charge is 2.50. The fraction of sp³-hybridized carbons (Fsp3) is 0.500. The molecule has 26 heavy (non-hydrogen) atoms. The highest BCUT2D eigenvalue weighted by atomic mass is 19.2. The fourth-order valence-electron chi connectivity index (χ4n) is 3.03. The van der Waals surface area contributed by atoms with Crippen LogP contribution in [0.15, 0.2) is 34.4 Å². The molecule has 0 bridgehead atoms. The maximum absolute atomic E-state index is 14.9. The van der Waals surface area contributed by atoms with Gasteiger partial charge >= 0.3 is 5.98 Å². The van der Waals surface area contributed by atoms with Crippen molar-refractivity contribution in [1.82, 2.24) is 10.5 Å². The first kappa shape index (κ1) is 19.8. The van der Waals surface area contributed by atoms with Crippen LogP contribution in [0, 0.1) is 6.92 Å². The third-order valence-electron chi connectivity index (χ3n) is 4.62. The molecule has 0 spiro atoms. The maximum atomic E-state index is 14.9. The highest BCUT2D eigenvalue weighted by Crippen LogP contribution is 2.50. The number of benzene rings is 1. The van der Waals surface area contributed by atoms with E-state index in [1.807, 2.05) is 31.2 Å². The number of carbonyl (C=O) groups is 1. The van der Waals surface area contributed by atoms with E-state index in [1.54, 1.807) is 7.05 Å². The molecule has 7 nitrogen and oxygen atoms in total. The van der Waals surface area contributed by atoms with Crippen LogP contribution in [-0.2, 0) is 15.0 Å². The Kier molecular flexibility index (Phi) is 5.97. The number of hydroxylamine groups is 1. The van der Waals surface area contributed by atoms with Crippen LogP contribution in [0.2, 0.25) is 0 Å². The average Bonchev–Trinajstić information content (AvgIpc) is 3.37. The van der Waals surface area contributed by atoms with Crippen LogP contribution in [0.25, 0.3) is 0 Å². The number of amidine groups is 1. The van der Waals surface area contributed by atoms with E-state index in [9.17, 15) is 9.18 Å². The molecule has 2 rings (SSSR count). The summed E-state index contributed by atoms with van der Waals surface area (Å²) in [6.45, 7) is 6.49. The monoisotopic (exact) mass is 363 g/mol. The Morgan fingerprint density at radius 3 is 2.65 bits per heavy atom. The number of amides is 1. The molecule has 1 aliphatic rings. The number of aliphatic imine (C=N–C) groups is 1. The van der Waals surface area contributed by atoms with Crippen molar-refractivity contribution in [2.24, 2.45) is 15.8 Å². The second-order valence-electron chi connectivity index (χ2n) is 6.52. The quantitative estimate of drug-likeness (QED) is 0.231. The molecular weight excluding hydrogens is 337 g/mol. The topological polar surface area (TPSA) is 92.3 Å². The van der Waals surface area contributed by atoms with E-state index in [0.29, 0.717) is 5.84 Å². The van der Waals surface area contributed by atoms with Gasteiger partial charge in [-0.1, -0.05) is 24.3 Å². The number of nitrogens with two attached hydrogens (primary N) is 1. The highest BCUT2D eigenvalue weighted by molar-refractivity contribution is 5.95. The lowest BCUT2D eigenvalue weighted by Crippen LogP contribution is -2.49. The van der Waals surface area contributed by atoms with E-state index in [-0.39, 0.29) is 18.4 Å². The number of hydrazone groups is 1. The van der Waals surface area contributed by atoms with Crippen molar-refractivity contribution >= 4 is 18.5 Å². The third-order valence-corrected chi connectivity index (χ3v) is 4.62. The van der Waals surface area contributed by atoms with Gasteiger partial charge in [0.25, 0.3) is 0 Å². The van der Waals surface area contributed by atoms with Gasteiger partial charge in [0.05, 0.1) is 12.0 Å². The van der Waals surface area contributed by atoms with Gasteiger partial charge in [-0.2, -0.15) is 9.49 Å². The summed E-state index contributed by atoms with van der Waals surface area (Å²) in [7, 11) is 1.64. The summed E-state index contributed by atoms with van der Waals surface area (Å²) in [4.78, 5) is 20.4. The van der Waals surface area contributed by atoms with Gasteiger partial charge in [0.1, 0.15) is 5.84 Å². The number of alkyl halides is 1. The molecule has 1 fully saturated rings. The summed E-state index contributed by atoms with van der Waals surface area (Å²) >= 11 is 0. The summed E-state index contributed by atoms with van der Waals surface area (Å²) in [5, 5.41) is 4.50. The SMILES string of the molecule is C=NN(CCC(N)=O)C(C)(F)ONC(=NC)C1(c2ccccc2C)CC1. The van der Waals surface area contributed by atoms with Crippen LogP contribution < -0.4 is 11.2 Å². The molecule has 1 saturated carbocycles. The molecule has 0 aliphatic heterocycles. The van der Waals surface area contributed by atoms with Crippen molar-refractivity contribution in [2.75, 3.05) is 13.6 Å². The van der Waals surface area contributed by atoms with Gasteiger partial charge in [-0.3, -0.25) is 9.79 Å². The fourth-order valence-corrected chi connectivity index (χ4v) is 3.03. The number of nitrogens with zero attached hydrogens (tertiary/aromatic N) is 3.